The SMILES string of the molecule is O=C(NC1CCCCCC1)c1ccc(N2CCN(C(=O)c3ccco3)CC2)nn1. The summed E-state index contributed by atoms with van der Waals surface area (Å²) in [6, 6.07) is 7.20. The second kappa shape index (κ2) is 9.07. The zero-order valence-electron chi connectivity index (χ0n) is 16.5. The Morgan fingerprint density at radius 1 is 0.966 bits per heavy atom. The molecule has 0 radical (unpaired) electrons. The van der Waals surface area contributed by atoms with Gasteiger partial charge in [0.1, 0.15) is 0 Å². The fraction of sp³-hybridized carbons (Fsp3) is 0.524. The molecule has 8 nitrogen and oxygen atoms in total. The van der Waals surface area contributed by atoms with E-state index in [4.69, 9.17) is 4.42 Å². The molecular weight excluding hydrogens is 370 g/mol. The van der Waals surface area contributed by atoms with Gasteiger partial charge in [0.2, 0.25) is 0 Å². The van der Waals surface area contributed by atoms with Crippen molar-refractivity contribution in [2.24, 2.45) is 0 Å². The maximum Gasteiger partial charge on any atom is 0.289 e. The average Bonchev–Trinajstić information content (AvgIpc) is 3.19. The average molecular weight is 397 g/mol. The molecule has 2 amide bonds. The van der Waals surface area contributed by atoms with Crippen molar-refractivity contribution in [3.05, 3.63) is 42.0 Å². The molecule has 0 bridgehead atoms. The molecule has 1 aliphatic carbocycles. The molecule has 4 rings (SSSR count). The molecular formula is C21H27N5O3. The van der Waals surface area contributed by atoms with Crippen molar-refractivity contribution in [1.29, 1.82) is 0 Å². The van der Waals surface area contributed by atoms with Crippen LogP contribution in [0.3, 0.4) is 0 Å². The fourth-order valence-corrected chi connectivity index (χ4v) is 3.99. The van der Waals surface area contributed by atoms with Gasteiger partial charge in [0.15, 0.2) is 17.3 Å². The van der Waals surface area contributed by atoms with Crippen molar-refractivity contribution in [1.82, 2.24) is 20.4 Å². The van der Waals surface area contributed by atoms with E-state index in [2.05, 4.69) is 20.4 Å². The molecule has 0 aromatic carbocycles. The summed E-state index contributed by atoms with van der Waals surface area (Å²) in [6.07, 6.45) is 8.43. The first-order valence-electron chi connectivity index (χ1n) is 10.4. The Balaban J connectivity index is 1.30. The number of carbonyl (C=O) groups excluding carboxylic acids is 2. The topological polar surface area (TPSA) is 91.6 Å². The third kappa shape index (κ3) is 4.75. The summed E-state index contributed by atoms with van der Waals surface area (Å²) in [6.45, 7) is 2.50. The number of hydrogen-bond acceptors (Lipinski definition) is 6. The predicted octanol–water partition coefficient (Wildman–Crippen LogP) is 2.48. The molecule has 0 spiro atoms. The van der Waals surface area contributed by atoms with Gasteiger partial charge >= 0.3 is 0 Å². The van der Waals surface area contributed by atoms with E-state index in [1.54, 1.807) is 23.1 Å². The minimum atomic E-state index is -0.148. The first-order valence-corrected chi connectivity index (χ1v) is 10.4. The van der Waals surface area contributed by atoms with Crippen LogP contribution >= 0.6 is 0 Å². The lowest BCUT2D eigenvalue weighted by Crippen LogP contribution is -2.49. The maximum absolute atomic E-state index is 12.5. The van der Waals surface area contributed by atoms with Crippen LogP contribution in [0.25, 0.3) is 0 Å². The number of hydrogen-bond donors (Lipinski definition) is 1. The van der Waals surface area contributed by atoms with Gasteiger partial charge in [0.25, 0.3) is 11.8 Å². The molecule has 2 fully saturated rings. The van der Waals surface area contributed by atoms with Crippen LogP contribution in [0.4, 0.5) is 5.82 Å². The summed E-state index contributed by atoms with van der Waals surface area (Å²) >= 11 is 0. The van der Waals surface area contributed by atoms with Gasteiger partial charge in [-0.1, -0.05) is 25.7 Å². The number of piperazine rings is 1. The molecule has 1 saturated carbocycles. The Morgan fingerprint density at radius 2 is 1.72 bits per heavy atom. The molecule has 1 saturated heterocycles. The number of rotatable bonds is 4. The number of amides is 2. The van der Waals surface area contributed by atoms with E-state index < -0.39 is 0 Å². The van der Waals surface area contributed by atoms with Crippen molar-refractivity contribution in [2.75, 3.05) is 31.1 Å². The number of aromatic nitrogens is 2. The Bertz CT molecular complexity index is 805. The normalized spacial score (nSPS) is 18.3. The zero-order valence-corrected chi connectivity index (χ0v) is 16.5. The van der Waals surface area contributed by atoms with Crippen LogP contribution in [0.15, 0.2) is 34.9 Å². The van der Waals surface area contributed by atoms with Gasteiger partial charge < -0.3 is 19.5 Å². The van der Waals surface area contributed by atoms with Gasteiger partial charge in [0.05, 0.1) is 6.26 Å². The molecule has 2 aromatic heterocycles. The molecule has 0 unspecified atom stereocenters. The summed E-state index contributed by atoms with van der Waals surface area (Å²) in [5.41, 5.74) is 0.352. The summed E-state index contributed by atoms with van der Waals surface area (Å²) in [5.74, 6) is 0.847. The monoisotopic (exact) mass is 397 g/mol. The Kier molecular flexibility index (Phi) is 6.07. The summed E-state index contributed by atoms with van der Waals surface area (Å²) < 4.78 is 5.19. The Labute approximate surface area is 170 Å². The number of nitrogens with zero attached hydrogens (tertiary/aromatic N) is 4. The highest BCUT2D eigenvalue weighted by Crippen LogP contribution is 2.18. The predicted molar refractivity (Wildman–Crippen MR) is 108 cm³/mol. The Hall–Kier alpha value is -2.90. The largest absolute Gasteiger partial charge is 0.459 e. The first-order chi connectivity index (χ1) is 14.2. The van der Waals surface area contributed by atoms with E-state index in [1.807, 2.05) is 6.07 Å². The number of anilines is 1. The van der Waals surface area contributed by atoms with E-state index in [0.29, 0.717) is 37.6 Å². The van der Waals surface area contributed by atoms with Crippen molar-refractivity contribution in [3.63, 3.8) is 0 Å². The molecule has 2 aromatic rings. The summed E-state index contributed by atoms with van der Waals surface area (Å²) in [4.78, 5) is 28.7. The lowest BCUT2D eigenvalue weighted by Gasteiger charge is -2.34. The third-order valence-corrected chi connectivity index (χ3v) is 5.70. The van der Waals surface area contributed by atoms with Crippen LogP contribution in [-0.4, -0.2) is 59.1 Å². The van der Waals surface area contributed by atoms with Crippen molar-refractivity contribution in [3.8, 4) is 0 Å². The van der Waals surface area contributed by atoms with Crippen molar-refractivity contribution >= 4 is 17.6 Å². The number of nitrogens with one attached hydrogen (secondary N) is 1. The molecule has 0 atom stereocenters. The zero-order chi connectivity index (χ0) is 20.1. The van der Waals surface area contributed by atoms with E-state index >= 15 is 0 Å². The molecule has 3 heterocycles. The fourth-order valence-electron chi connectivity index (χ4n) is 3.99. The lowest BCUT2D eigenvalue weighted by atomic mass is 10.1. The highest BCUT2D eigenvalue weighted by molar-refractivity contribution is 5.92. The minimum absolute atomic E-state index is 0.0914. The van der Waals surface area contributed by atoms with Gasteiger partial charge in [-0.2, -0.15) is 0 Å². The number of carbonyl (C=O) groups is 2. The first kappa shape index (κ1) is 19.4. The maximum atomic E-state index is 12.5. The third-order valence-electron chi connectivity index (χ3n) is 5.70. The summed E-state index contributed by atoms with van der Waals surface area (Å²) in [5, 5.41) is 11.5. The molecule has 1 N–H and O–H groups in total. The number of furan rings is 1. The van der Waals surface area contributed by atoms with Gasteiger partial charge in [-0.3, -0.25) is 9.59 Å². The van der Waals surface area contributed by atoms with E-state index in [-0.39, 0.29) is 17.9 Å². The van der Waals surface area contributed by atoms with Crippen LogP contribution in [0.5, 0.6) is 0 Å². The van der Waals surface area contributed by atoms with E-state index in [0.717, 1.165) is 18.7 Å². The van der Waals surface area contributed by atoms with E-state index in [1.165, 1.54) is 31.9 Å². The summed E-state index contributed by atoms with van der Waals surface area (Å²) in [7, 11) is 0. The standard InChI is InChI=1S/C21H27N5O3/c27-20(22-16-6-3-1-2-4-7-16)17-9-10-19(24-23-17)25-11-13-26(14-12-25)21(28)18-8-5-15-29-18/h5,8-10,15-16H,1-4,6-7,11-14H2,(H,22,27). The van der Waals surface area contributed by atoms with Crippen LogP contribution in [0, 0.1) is 0 Å². The minimum Gasteiger partial charge on any atom is -0.459 e. The van der Waals surface area contributed by atoms with Gasteiger partial charge in [0, 0.05) is 32.2 Å². The van der Waals surface area contributed by atoms with Crippen molar-refractivity contribution < 1.29 is 14.0 Å². The highest BCUT2D eigenvalue weighted by Gasteiger charge is 2.25. The van der Waals surface area contributed by atoms with Crippen molar-refractivity contribution in [2.45, 2.75) is 44.6 Å². The van der Waals surface area contributed by atoms with Crippen LogP contribution in [0.2, 0.25) is 0 Å². The second-order valence-corrected chi connectivity index (χ2v) is 7.70. The van der Waals surface area contributed by atoms with Crippen LogP contribution in [-0.2, 0) is 0 Å². The smallest absolute Gasteiger partial charge is 0.289 e. The quantitative estimate of drug-likeness (QED) is 0.797. The highest BCUT2D eigenvalue weighted by atomic mass is 16.3. The van der Waals surface area contributed by atoms with Gasteiger partial charge in [-0.25, -0.2) is 0 Å². The Morgan fingerprint density at radius 3 is 2.34 bits per heavy atom. The molecule has 1 aliphatic heterocycles. The van der Waals surface area contributed by atoms with Crippen LogP contribution < -0.4 is 10.2 Å². The molecule has 154 valence electrons. The van der Waals surface area contributed by atoms with Gasteiger partial charge in [-0.15, -0.1) is 10.2 Å². The molecule has 29 heavy (non-hydrogen) atoms. The van der Waals surface area contributed by atoms with Crippen LogP contribution in [0.1, 0.15) is 59.6 Å². The van der Waals surface area contributed by atoms with Gasteiger partial charge in [-0.05, 0) is 37.1 Å². The second-order valence-electron chi connectivity index (χ2n) is 7.70. The lowest BCUT2D eigenvalue weighted by molar-refractivity contribution is 0.0714. The molecule has 2 aliphatic rings. The van der Waals surface area contributed by atoms with E-state index in [9.17, 15) is 9.59 Å². The molecule has 8 heteroatoms.